The van der Waals surface area contributed by atoms with Crippen LogP contribution in [0.1, 0.15) is 18.4 Å². The summed E-state index contributed by atoms with van der Waals surface area (Å²) in [4.78, 5) is 2.52. The van der Waals surface area contributed by atoms with Crippen LogP contribution in [0.2, 0.25) is 0 Å². The molecule has 0 radical (unpaired) electrons. The highest BCUT2D eigenvalue weighted by Gasteiger charge is 2.11. The van der Waals surface area contributed by atoms with E-state index in [2.05, 4.69) is 34.5 Å². The molecule has 2 nitrogen and oxygen atoms in total. The van der Waals surface area contributed by atoms with Crippen LogP contribution in [0.25, 0.3) is 0 Å². The van der Waals surface area contributed by atoms with Crippen molar-refractivity contribution in [3.63, 3.8) is 0 Å². The highest BCUT2D eigenvalue weighted by molar-refractivity contribution is 5.44. The molecule has 0 spiro atoms. The number of rotatable bonds is 3. The highest BCUT2D eigenvalue weighted by atomic mass is 15.1. The monoisotopic (exact) mass is 190 g/mol. The molecule has 0 amide bonds. The molecule has 1 N–H and O–H groups in total. The smallest absolute Gasteiger partial charge is 0.0340 e. The van der Waals surface area contributed by atoms with Crippen LogP contribution in [0.3, 0.4) is 0 Å². The standard InChI is InChI=1S/C12H18N2/c1-13-12-6-4-5-11(9-12)10-14-7-2-3-8-14/h4-6,9,13H,2-3,7-8,10H2,1H3. The first-order chi connectivity index (χ1) is 6.88. The molecule has 1 saturated heterocycles. The van der Waals surface area contributed by atoms with E-state index in [4.69, 9.17) is 0 Å². The Morgan fingerprint density at radius 3 is 2.79 bits per heavy atom. The molecule has 14 heavy (non-hydrogen) atoms. The number of nitrogens with one attached hydrogen (secondary N) is 1. The lowest BCUT2D eigenvalue weighted by Gasteiger charge is -2.14. The number of nitrogens with zero attached hydrogens (tertiary/aromatic N) is 1. The SMILES string of the molecule is CNc1cccc(CN2CCCC2)c1. The van der Waals surface area contributed by atoms with E-state index in [1.807, 2.05) is 7.05 Å². The first-order valence-electron chi connectivity index (χ1n) is 5.37. The Hall–Kier alpha value is -1.02. The van der Waals surface area contributed by atoms with E-state index >= 15 is 0 Å². The zero-order valence-corrected chi connectivity index (χ0v) is 8.79. The second-order valence-corrected chi connectivity index (χ2v) is 3.93. The molecule has 1 heterocycles. The van der Waals surface area contributed by atoms with Gasteiger partial charge in [0.25, 0.3) is 0 Å². The van der Waals surface area contributed by atoms with Crippen LogP contribution in [0.5, 0.6) is 0 Å². The van der Waals surface area contributed by atoms with Crippen LogP contribution in [0.15, 0.2) is 24.3 Å². The highest BCUT2D eigenvalue weighted by Crippen LogP contribution is 2.15. The van der Waals surface area contributed by atoms with Crippen molar-refractivity contribution in [1.82, 2.24) is 4.90 Å². The molecule has 1 fully saturated rings. The van der Waals surface area contributed by atoms with Crippen molar-refractivity contribution < 1.29 is 0 Å². The van der Waals surface area contributed by atoms with Crippen molar-refractivity contribution in [2.75, 3.05) is 25.5 Å². The lowest BCUT2D eigenvalue weighted by atomic mass is 10.2. The third kappa shape index (κ3) is 2.26. The average molecular weight is 190 g/mol. The fourth-order valence-corrected chi connectivity index (χ4v) is 2.02. The number of likely N-dealkylation sites (tertiary alicyclic amines) is 1. The Kier molecular flexibility index (Phi) is 3.04. The molecule has 76 valence electrons. The Morgan fingerprint density at radius 2 is 2.07 bits per heavy atom. The Balaban J connectivity index is 2.00. The number of hydrogen-bond acceptors (Lipinski definition) is 2. The van der Waals surface area contributed by atoms with Gasteiger partial charge in [0.05, 0.1) is 0 Å². The second-order valence-electron chi connectivity index (χ2n) is 3.93. The topological polar surface area (TPSA) is 15.3 Å². The molecular formula is C12H18N2. The van der Waals surface area contributed by atoms with E-state index < -0.39 is 0 Å². The largest absolute Gasteiger partial charge is 0.388 e. The van der Waals surface area contributed by atoms with Crippen molar-refractivity contribution in [3.8, 4) is 0 Å². The lowest BCUT2D eigenvalue weighted by Crippen LogP contribution is -2.18. The molecule has 0 unspecified atom stereocenters. The summed E-state index contributed by atoms with van der Waals surface area (Å²) in [5, 5.41) is 3.17. The maximum atomic E-state index is 3.17. The van der Waals surface area contributed by atoms with Gasteiger partial charge in [0.15, 0.2) is 0 Å². The van der Waals surface area contributed by atoms with Gasteiger partial charge in [-0.3, -0.25) is 4.90 Å². The third-order valence-corrected chi connectivity index (χ3v) is 2.82. The predicted octanol–water partition coefficient (Wildman–Crippen LogP) is 2.32. The lowest BCUT2D eigenvalue weighted by molar-refractivity contribution is 0.331. The van der Waals surface area contributed by atoms with E-state index in [-0.39, 0.29) is 0 Å². The molecule has 2 rings (SSSR count). The summed E-state index contributed by atoms with van der Waals surface area (Å²) < 4.78 is 0. The van der Waals surface area contributed by atoms with Gasteiger partial charge in [-0.05, 0) is 43.6 Å². The van der Waals surface area contributed by atoms with E-state index in [0.29, 0.717) is 0 Å². The van der Waals surface area contributed by atoms with Crippen molar-refractivity contribution in [1.29, 1.82) is 0 Å². The van der Waals surface area contributed by atoms with Crippen LogP contribution in [0.4, 0.5) is 5.69 Å². The molecule has 1 aliphatic heterocycles. The molecule has 2 heteroatoms. The number of anilines is 1. The Morgan fingerprint density at radius 1 is 1.29 bits per heavy atom. The molecule has 1 aromatic carbocycles. The third-order valence-electron chi connectivity index (χ3n) is 2.82. The van der Waals surface area contributed by atoms with Gasteiger partial charge in [-0.2, -0.15) is 0 Å². The fraction of sp³-hybridized carbons (Fsp3) is 0.500. The maximum absolute atomic E-state index is 3.17. The number of benzene rings is 1. The van der Waals surface area contributed by atoms with Crippen LogP contribution in [-0.4, -0.2) is 25.0 Å². The summed E-state index contributed by atoms with van der Waals surface area (Å²) in [5.74, 6) is 0. The second kappa shape index (κ2) is 4.47. The van der Waals surface area contributed by atoms with E-state index in [9.17, 15) is 0 Å². The summed E-state index contributed by atoms with van der Waals surface area (Å²) in [7, 11) is 1.97. The molecule has 0 aliphatic carbocycles. The minimum absolute atomic E-state index is 1.11. The maximum Gasteiger partial charge on any atom is 0.0340 e. The normalized spacial score (nSPS) is 17.2. The van der Waals surface area contributed by atoms with E-state index in [0.717, 1.165) is 6.54 Å². The van der Waals surface area contributed by atoms with Crippen LogP contribution >= 0.6 is 0 Å². The van der Waals surface area contributed by atoms with Crippen molar-refractivity contribution >= 4 is 5.69 Å². The van der Waals surface area contributed by atoms with Crippen molar-refractivity contribution in [3.05, 3.63) is 29.8 Å². The van der Waals surface area contributed by atoms with E-state index in [1.54, 1.807) is 0 Å². The quantitative estimate of drug-likeness (QED) is 0.787. The van der Waals surface area contributed by atoms with Gasteiger partial charge in [0.1, 0.15) is 0 Å². The predicted molar refractivity (Wildman–Crippen MR) is 60.5 cm³/mol. The average Bonchev–Trinajstić information content (AvgIpc) is 2.71. The molecule has 0 aromatic heterocycles. The summed E-state index contributed by atoms with van der Waals surface area (Å²) in [6, 6.07) is 8.67. The summed E-state index contributed by atoms with van der Waals surface area (Å²) >= 11 is 0. The Labute approximate surface area is 85.9 Å². The number of hydrogen-bond donors (Lipinski definition) is 1. The van der Waals surface area contributed by atoms with Gasteiger partial charge in [-0.1, -0.05) is 12.1 Å². The first kappa shape index (κ1) is 9.53. The fourth-order valence-electron chi connectivity index (χ4n) is 2.02. The molecule has 0 saturated carbocycles. The van der Waals surface area contributed by atoms with Crippen LogP contribution in [0, 0.1) is 0 Å². The van der Waals surface area contributed by atoms with Crippen molar-refractivity contribution in [2.45, 2.75) is 19.4 Å². The van der Waals surface area contributed by atoms with Crippen LogP contribution < -0.4 is 5.32 Å². The van der Waals surface area contributed by atoms with Gasteiger partial charge in [0.2, 0.25) is 0 Å². The minimum atomic E-state index is 1.11. The minimum Gasteiger partial charge on any atom is -0.388 e. The van der Waals surface area contributed by atoms with Gasteiger partial charge in [0, 0.05) is 19.3 Å². The summed E-state index contributed by atoms with van der Waals surface area (Å²) in [5.41, 5.74) is 2.63. The molecule has 0 atom stereocenters. The van der Waals surface area contributed by atoms with Crippen molar-refractivity contribution in [2.24, 2.45) is 0 Å². The molecular weight excluding hydrogens is 172 g/mol. The van der Waals surface area contributed by atoms with Gasteiger partial charge in [-0.25, -0.2) is 0 Å². The van der Waals surface area contributed by atoms with Crippen LogP contribution in [-0.2, 0) is 6.54 Å². The molecule has 0 bridgehead atoms. The summed E-state index contributed by atoms with van der Waals surface area (Å²) in [6.45, 7) is 3.64. The molecule has 1 aliphatic rings. The van der Waals surface area contributed by atoms with Gasteiger partial charge < -0.3 is 5.32 Å². The van der Waals surface area contributed by atoms with Gasteiger partial charge >= 0.3 is 0 Å². The molecule has 1 aromatic rings. The van der Waals surface area contributed by atoms with E-state index in [1.165, 1.54) is 37.2 Å². The zero-order valence-electron chi connectivity index (χ0n) is 8.79. The zero-order chi connectivity index (χ0) is 9.80. The first-order valence-corrected chi connectivity index (χ1v) is 5.37. The Bertz CT molecular complexity index is 290. The summed E-state index contributed by atoms with van der Waals surface area (Å²) in [6.07, 6.45) is 2.73. The van der Waals surface area contributed by atoms with Gasteiger partial charge in [-0.15, -0.1) is 0 Å².